The molecule has 2 aliphatic heterocycles. The fraction of sp³-hybridized carbons (Fsp3) is 0.429. The summed E-state index contributed by atoms with van der Waals surface area (Å²) in [5.74, 6) is -0.573. The normalized spacial score (nSPS) is 17.5. The number of halogens is 1. The lowest BCUT2D eigenvalue weighted by molar-refractivity contribution is -0.143. The average molecular weight is 590 g/mol. The van der Waals surface area contributed by atoms with Gasteiger partial charge in [0.2, 0.25) is 5.91 Å². The minimum Gasteiger partial charge on any atom is -0.490 e. The first-order valence-electron chi connectivity index (χ1n) is 10.1. The summed E-state index contributed by atoms with van der Waals surface area (Å²) in [5, 5.41) is -0.495. The Morgan fingerprint density at radius 2 is 1.94 bits per heavy atom. The second-order valence-electron chi connectivity index (χ2n) is 6.89. The molecular weight excluding hydrogens is 567 g/mol. The maximum atomic E-state index is 12.8. The molecule has 2 heterocycles. The number of imide groups is 1. The molecule has 0 aliphatic carbocycles. The van der Waals surface area contributed by atoms with E-state index < -0.39 is 17.1 Å². The molecule has 178 valence electrons. The standard InChI is InChI=1S/C21H23IN2O8S/c1-3-31-15-9-13(8-14(22)19(15)32-12-18(26)29-2)10-16-20(27)24(21(28)33-16)11-17(25)23-4-6-30-7-5-23/h8-10H,3-7,11-12H2,1-2H3/b16-10-. The fourth-order valence-corrected chi connectivity index (χ4v) is 4.72. The van der Waals surface area contributed by atoms with Crippen LogP contribution in [0.1, 0.15) is 12.5 Å². The van der Waals surface area contributed by atoms with Gasteiger partial charge in [0.15, 0.2) is 18.1 Å². The number of hydrogen-bond donors (Lipinski definition) is 0. The summed E-state index contributed by atoms with van der Waals surface area (Å²) in [7, 11) is 1.27. The number of amides is 3. The molecule has 12 heteroatoms. The van der Waals surface area contributed by atoms with Gasteiger partial charge in [-0.1, -0.05) is 0 Å². The van der Waals surface area contributed by atoms with Crippen LogP contribution in [0.2, 0.25) is 0 Å². The summed E-state index contributed by atoms with van der Waals surface area (Å²) in [4.78, 5) is 51.9. The minimum absolute atomic E-state index is 0.205. The van der Waals surface area contributed by atoms with Crippen molar-refractivity contribution in [1.82, 2.24) is 9.80 Å². The van der Waals surface area contributed by atoms with Crippen LogP contribution in [0.3, 0.4) is 0 Å². The van der Waals surface area contributed by atoms with Gasteiger partial charge >= 0.3 is 5.97 Å². The van der Waals surface area contributed by atoms with E-state index in [-0.39, 0.29) is 24.0 Å². The van der Waals surface area contributed by atoms with E-state index in [1.165, 1.54) is 7.11 Å². The van der Waals surface area contributed by atoms with Crippen LogP contribution in [0.4, 0.5) is 4.79 Å². The quantitative estimate of drug-likeness (QED) is 0.256. The molecule has 33 heavy (non-hydrogen) atoms. The molecule has 0 radical (unpaired) electrons. The van der Waals surface area contributed by atoms with E-state index >= 15 is 0 Å². The molecule has 2 aliphatic rings. The van der Waals surface area contributed by atoms with Crippen molar-refractivity contribution in [2.75, 3.05) is 53.2 Å². The zero-order valence-electron chi connectivity index (χ0n) is 18.1. The first-order chi connectivity index (χ1) is 15.8. The molecule has 2 saturated heterocycles. The van der Waals surface area contributed by atoms with Crippen LogP contribution in [-0.4, -0.2) is 86.0 Å². The van der Waals surface area contributed by atoms with Gasteiger partial charge in [-0.25, -0.2) is 4.79 Å². The van der Waals surface area contributed by atoms with Gasteiger partial charge in [-0.15, -0.1) is 0 Å². The summed E-state index contributed by atoms with van der Waals surface area (Å²) in [6.07, 6.45) is 1.57. The SMILES string of the molecule is CCOc1cc(/C=C2\SC(=O)N(CC(=O)N3CCOCC3)C2=O)cc(I)c1OCC(=O)OC. The second kappa shape index (κ2) is 11.7. The third-order valence-corrected chi connectivity index (χ3v) is 6.43. The summed E-state index contributed by atoms with van der Waals surface area (Å²) < 4.78 is 21.6. The fourth-order valence-electron chi connectivity index (χ4n) is 3.10. The van der Waals surface area contributed by atoms with Gasteiger partial charge in [-0.2, -0.15) is 0 Å². The van der Waals surface area contributed by atoms with Crippen molar-refractivity contribution in [3.63, 3.8) is 0 Å². The summed E-state index contributed by atoms with van der Waals surface area (Å²) in [6, 6.07) is 3.40. The summed E-state index contributed by atoms with van der Waals surface area (Å²) in [6.45, 7) is 3.34. The number of methoxy groups -OCH3 is 1. The molecule has 0 saturated carbocycles. The number of esters is 1. The highest BCUT2D eigenvalue weighted by Crippen LogP contribution is 2.37. The van der Waals surface area contributed by atoms with Gasteiger partial charge in [0.05, 0.1) is 35.4 Å². The predicted octanol–water partition coefficient (Wildman–Crippen LogP) is 2.14. The monoisotopic (exact) mass is 590 g/mol. The molecule has 0 bridgehead atoms. The number of morpholine rings is 1. The molecule has 0 atom stereocenters. The van der Waals surface area contributed by atoms with E-state index in [9.17, 15) is 19.2 Å². The molecule has 0 unspecified atom stereocenters. The number of nitrogens with zero attached hydrogens (tertiary/aromatic N) is 2. The van der Waals surface area contributed by atoms with Crippen molar-refractivity contribution in [3.8, 4) is 11.5 Å². The van der Waals surface area contributed by atoms with Crippen LogP contribution in [0.5, 0.6) is 11.5 Å². The van der Waals surface area contributed by atoms with Crippen molar-refractivity contribution in [1.29, 1.82) is 0 Å². The van der Waals surface area contributed by atoms with Gasteiger partial charge in [0, 0.05) is 13.1 Å². The van der Waals surface area contributed by atoms with Crippen LogP contribution in [0.25, 0.3) is 6.08 Å². The Kier molecular flexibility index (Phi) is 8.97. The lowest BCUT2D eigenvalue weighted by atomic mass is 10.2. The Balaban J connectivity index is 1.77. The van der Waals surface area contributed by atoms with Crippen LogP contribution >= 0.6 is 34.4 Å². The largest absolute Gasteiger partial charge is 0.490 e. The molecule has 3 rings (SSSR count). The Bertz CT molecular complexity index is 977. The minimum atomic E-state index is -0.530. The van der Waals surface area contributed by atoms with Crippen LogP contribution in [-0.2, 0) is 23.9 Å². The lowest BCUT2D eigenvalue weighted by Gasteiger charge is -2.28. The van der Waals surface area contributed by atoms with E-state index in [1.54, 1.807) is 30.0 Å². The average Bonchev–Trinajstić information content (AvgIpc) is 3.06. The van der Waals surface area contributed by atoms with E-state index in [0.717, 1.165) is 16.7 Å². The highest BCUT2D eigenvalue weighted by atomic mass is 127. The predicted molar refractivity (Wildman–Crippen MR) is 128 cm³/mol. The van der Waals surface area contributed by atoms with Gasteiger partial charge in [0.1, 0.15) is 6.54 Å². The van der Waals surface area contributed by atoms with Crippen molar-refractivity contribution < 1.29 is 38.1 Å². The summed E-state index contributed by atoms with van der Waals surface area (Å²) >= 11 is 2.81. The smallest absolute Gasteiger partial charge is 0.343 e. The van der Waals surface area contributed by atoms with Crippen LogP contribution in [0.15, 0.2) is 17.0 Å². The first-order valence-corrected chi connectivity index (χ1v) is 12.0. The van der Waals surface area contributed by atoms with Gasteiger partial charge in [0.25, 0.3) is 11.1 Å². The number of hydrogen-bond acceptors (Lipinski definition) is 9. The van der Waals surface area contributed by atoms with E-state index in [1.807, 2.05) is 22.6 Å². The Labute approximate surface area is 208 Å². The molecular formula is C21H23IN2O8S. The van der Waals surface area contributed by atoms with Crippen molar-refractivity contribution >= 4 is 63.5 Å². The van der Waals surface area contributed by atoms with E-state index in [4.69, 9.17) is 14.2 Å². The molecule has 0 aromatic heterocycles. The topological polar surface area (TPSA) is 112 Å². The number of rotatable bonds is 8. The Hall–Kier alpha value is -2.32. The molecule has 1 aromatic rings. The third-order valence-electron chi connectivity index (χ3n) is 4.72. The number of ether oxygens (including phenoxy) is 4. The molecule has 0 N–H and O–H groups in total. The Morgan fingerprint density at radius 1 is 1.21 bits per heavy atom. The maximum Gasteiger partial charge on any atom is 0.343 e. The molecule has 10 nitrogen and oxygen atoms in total. The van der Waals surface area contributed by atoms with Crippen molar-refractivity contribution in [3.05, 3.63) is 26.2 Å². The third kappa shape index (κ3) is 6.38. The Morgan fingerprint density at radius 3 is 2.61 bits per heavy atom. The lowest BCUT2D eigenvalue weighted by Crippen LogP contribution is -2.46. The molecule has 1 aromatic carbocycles. The van der Waals surface area contributed by atoms with Crippen molar-refractivity contribution in [2.24, 2.45) is 0 Å². The number of thioether (sulfide) groups is 1. The number of carbonyl (C=O) groups is 4. The number of carbonyl (C=O) groups excluding carboxylic acids is 4. The highest BCUT2D eigenvalue weighted by molar-refractivity contribution is 14.1. The van der Waals surface area contributed by atoms with Gasteiger partial charge in [-0.05, 0) is 65.0 Å². The van der Waals surface area contributed by atoms with Gasteiger partial charge in [-0.3, -0.25) is 19.3 Å². The number of benzene rings is 1. The zero-order chi connectivity index (χ0) is 24.0. The van der Waals surface area contributed by atoms with Crippen LogP contribution in [0, 0.1) is 3.57 Å². The molecule has 3 amide bonds. The van der Waals surface area contributed by atoms with E-state index in [0.29, 0.717) is 53.5 Å². The maximum absolute atomic E-state index is 12.8. The molecule has 0 spiro atoms. The second-order valence-corrected chi connectivity index (χ2v) is 9.04. The zero-order valence-corrected chi connectivity index (χ0v) is 21.1. The highest BCUT2D eigenvalue weighted by Gasteiger charge is 2.37. The summed E-state index contributed by atoms with van der Waals surface area (Å²) in [5.41, 5.74) is 0.610. The van der Waals surface area contributed by atoms with Crippen molar-refractivity contribution in [2.45, 2.75) is 6.92 Å². The van der Waals surface area contributed by atoms with Gasteiger partial charge < -0.3 is 23.8 Å². The van der Waals surface area contributed by atoms with E-state index in [2.05, 4.69) is 4.74 Å². The van der Waals surface area contributed by atoms with Crippen LogP contribution < -0.4 is 9.47 Å². The molecule has 2 fully saturated rings. The first kappa shape index (κ1) is 25.3.